The number of methoxy groups -OCH3 is 1. The Morgan fingerprint density at radius 3 is 2.75 bits per heavy atom. The van der Waals surface area contributed by atoms with E-state index in [1.165, 1.54) is 0 Å². The lowest BCUT2D eigenvalue weighted by molar-refractivity contribution is -0.118. The van der Waals surface area contributed by atoms with Gasteiger partial charge in [-0.25, -0.2) is 0 Å². The van der Waals surface area contributed by atoms with Crippen LogP contribution >= 0.6 is 0 Å². The summed E-state index contributed by atoms with van der Waals surface area (Å²) in [6, 6.07) is 7.64. The van der Waals surface area contributed by atoms with Crippen molar-refractivity contribution in [3.63, 3.8) is 0 Å². The van der Waals surface area contributed by atoms with Crippen LogP contribution in [-0.4, -0.2) is 25.7 Å². The summed E-state index contributed by atoms with van der Waals surface area (Å²) in [7, 11) is 1.55. The van der Waals surface area contributed by atoms with Crippen LogP contribution in [0.25, 0.3) is 0 Å². The molecule has 0 aliphatic carbocycles. The Hall–Kier alpha value is -1.39. The van der Waals surface area contributed by atoms with Gasteiger partial charge in [0.15, 0.2) is 0 Å². The van der Waals surface area contributed by atoms with Crippen LogP contribution in [0.3, 0.4) is 0 Å². The topological polar surface area (TPSA) is 64.3 Å². The largest absolute Gasteiger partial charge is 0.380 e. The summed E-state index contributed by atoms with van der Waals surface area (Å²) >= 11 is 0. The highest BCUT2D eigenvalue weighted by Crippen LogP contribution is 2.13. The van der Waals surface area contributed by atoms with Crippen LogP contribution < -0.4 is 11.1 Å². The molecular weight excluding hydrogens is 204 g/mol. The Bertz CT molecular complexity index is 349. The zero-order chi connectivity index (χ0) is 12.0. The number of carbonyl (C=O) groups is 1. The van der Waals surface area contributed by atoms with Gasteiger partial charge >= 0.3 is 0 Å². The van der Waals surface area contributed by atoms with Gasteiger partial charge in [-0.1, -0.05) is 18.2 Å². The van der Waals surface area contributed by atoms with Crippen LogP contribution in [0.2, 0.25) is 0 Å². The number of benzene rings is 1. The van der Waals surface area contributed by atoms with Crippen molar-refractivity contribution in [3.8, 4) is 0 Å². The number of anilines is 1. The van der Waals surface area contributed by atoms with Crippen molar-refractivity contribution in [2.45, 2.75) is 19.4 Å². The normalized spacial score (nSPS) is 12.2. The van der Waals surface area contributed by atoms with E-state index >= 15 is 0 Å². The predicted octanol–water partition coefficient (Wildman–Crippen LogP) is 1.30. The number of aryl methyl sites for hydroxylation is 1. The maximum Gasteiger partial charge on any atom is 0.227 e. The number of nitrogens with one attached hydrogen (secondary N) is 1. The van der Waals surface area contributed by atoms with Gasteiger partial charge in [-0.3, -0.25) is 4.79 Å². The van der Waals surface area contributed by atoms with Crippen LogP contribution in [0.4, 0.5) is 5.69 Å². The molecule has 1 rings (SSSR count). The van der Waals surface area contributed by atoms with Crippen LogP contribution in [0, 0.1) is 6.92 Å². The van der Waals surface area contributed by atoms with Gasteiger partial charge in [0.2, 0.25) is 5.91 Å². The fourth-order valence-electron chi connectivity index (χ4n) is 1.38. The monoisotopic (exact) mass is 222 g/mol. The Kier molecular flexibility index (Phi) is 4.95. The lowest BCUT2D eigenvalue weighted by Gasteiger charge is -2.13. The highest BCUT2D eigenvalue weighted by atomic mass is 16.5. The minimum atomic E-state index is -0.219. The maximum absolute atomic E-state index is 11.6. The molecule has 0 aliphatic heterocycles. The van der Waals surface area contributed by atoms with E-state index in [1.807, 2.05) is 31.2 Å². The maximum atomic E-state index is 11.6. The van der Waals surface area contributed by atoms with E-state index in [9.17, 15) is 4.79 Å². The number of hydrogen-bond acceptors (Lipinski definition) is 3. The lowest BCUT2D eigenvalue weighted by Crippen LogP contribution is -2.28. The summed E-state index contributed by atoms with van der Waals surface area (Å²) in [4.78, 5) is 11.6. The van der Waals surface area contributed by atoms with Crippen LogP contribution in [-0.2, 0) is 9.53 Å². The van der Waals surface area contributed by atoms with E-state index in [2.05, 4.69) is 5.32 Å². The number of hydrogen-bond donors (Lipinski definition) is 2. The summed E-state index contributed by atoms with van der Waals surface area (Å²) in [5.41, 5.74) is 7.32. The van der Waals surface area contributed by atoms with E-state index in [0.29, 0.717) is 6.54 Å². The second-order valence-electron chi connectivity index (χ2n) is 3.66. The zero-order valence-electron chi connectivity index (χ0n) is 9.69. The summed E-state index contributed by atoms with van der Waals surface area (Å²) in [6.07, 6.45) is 0.0606. The van der Waals surface area contributed by atoms with Crippen molar-refractivity contribution in [1.82, 2.24) is 0 Å². The summed E-state index contributed by atoms with van der Waals surface area (Å²) in [6.45, 7) is 2.30. The molecule has 1 unspecified atom stereocenters. The zero-order valence-corrected chi connectivity index (χ0v) is 9.69. The molecule has 1 atom stereocenters. The first kappa shape index (κ1) is 12.7. The van der Waals surface area contributed by atoms with Gasteiger partial charge < -0.3 is 15.8 Å². The molecule has 0 saturated carbocycles. The molecule has 16 heavy (non-hydrogen) atoms. The molecular formula is C12H18N2O2. The molecule has 3 N–H and O–H groups in total. The van der Waals surface area contributed by atoms with E-state index in [-0.39, 0.29) is 18.4 Å². The number of carbonyl (C=O) groups excluding carboxylic acids is 1. The first-order valence-corrected chi connectivity index (χ1v) is 5.25. The molecule has 1 aromatic rings. The molecule has 88 valence electrons. The predicted molar refractivity (Wildman–Crippen MR) is 64.3 cm³/mol. The average Bonchev–Trinajstić information content (AvgIpc) is 2.29. The average molecular weight is 222 g/mol. The molecule has 0 aliphatic rings. The molecule has 0 heterocycles. The van der Waals surface area contributed by atoms with Crippen LogP contribution in [0.1, 0.15) is 12.0 Å². The summed E-state index contributed by atoms with van der Waals surface area (Å²) in [5, 5.41) is 2.83. The van der Waals surface area contributed by atoms with Crippen molar-refractivity contribution in [2.24, 2.45) is 5.73 Å². The van der Waals surface area contributed by atoms with E-state index in [4.69, 9.17) is 10.5 Å². The van der Waals surface area contributed by atoms with Gasteiger partial charge in [0, 0.05) is 19.3 Å². The molecule has 4 nitrogen and oxygen atoms in total. The third-order valence-electron chi connectivity index (χ3n) is 2.43. The van der Waals surface area contributed by atoms with Gasteiger partial charge in [-0.15, -0.1) is 0 Å². The smallest absolute Gasteiger partial charge is 0.227 e. The van der Waals surface area contributed by atoms with Gasteiger partial charge in [0.1, 0.15) is 0 Å². The number of amides is 1. The highest BCUT2D eigenvalue weighted by molar-refractivity contribution is 5.91. The number of ether oxygens (including phenoxy) is 1. The van der Waals surface area contributed by atoms with Crippen LogP contribution in [0.5, 0.6) is 0 Å². The highest BCUT2D eigenvalue weighted by Gasteiger charge is 2.11. The summed E-state index contributed by atoms with van der Waals surface area (Å²) < 4.78 is 5.05. The van der Waals surface area contributed by atoms with Crippen molar-refractivity contribution >= 4 is 11.6 Å². The number of rotatable bonds is 5. The fraction of sp³-hybridized carbons (Fsp3) is 0.417. The van der Waals surface area contributed by atoms with E-state index in [1.54, 1.807) is 7.11 Å². The van der Waals surface area contributed by atoms with Gasteiger partial charge in [-0.2, -0.15) is 0 Å². The standard InChI is InChI=1S/C12H18N2O2/c1-9-5-3-4-6-11(9)14-12(15)7-10(8-13)16-2/h3-6,10H,7-8,13H2,1-2H3,(H,14,15). The molecule has 1 amide bonds. The number of nitrogens with two attached hydrogens (primary N) is 1. The van der Waals surface area contributed by atoms with Gasteiger partial charge in [-0.05, 0) is 18.6 Å². The lowest BCUT2D eigenvalue weighted by atomic mass is 10.2. The number of para-hydroxylation sites is 1. The fourth-order valence-corrected chi connectivity index (χ4v) is 1.38. The van der Waals surface area contributed by atoms with Gasteiger partial charge in [0.25, 0.3) is 0 Å². The molecule has 0 spiro atoms. The van der Waals surface area contributed by atoms with Crippen molar-refractivity contribution < 1.29 is 9.53 Å². The minimum Gasteiger partial charge on any atom is -0.380 e. The van der Waals surface area contributed by atoms with Crippen molar-refractivity contribution in [3.05, 3.63) is 29.8 Å². The Balaban J connectivity index is 2.55. The quantitative estimate of drug-likeness (QED) is 0.789. The Labute approximate surface area is 95.8 Å². The molecule has 0 aromatic heterocycles. The SMILES string of the molecule is COC(CN)CC(=O)Nc1ccccc1C. The van der Waals surface area contributed by atoms with Gasteiger partial charge in [0.05, 0.1) is 12.5 Å². The molecule has 0 radical (unpaired) electrons. The van der Waals surface area contributed by atoms with E-state index < -0.39 is 0 Å². The molecule has 4 heteroatoms. The van der Waals surface area contributed by atoms with Crippen molar-refractivity contribution in [1.29, 1.82) is 0 Å². The molecule has 0 bridgehead atoms. The minimum absolute atomic E-state index is 0.0772. The Morgan fingerprint density at radius 2 is 2.19 bits per heavy atom. The molecule has 0 fully saturated rings. The second kappa shape index (κ2) is 6.25. The summed E-state index contributed by atoms with van der Waals surface area (Å²) in [5.74, 6) is -0.0772. The second-order valence-corrected chi connectivity index (χ2v) is 3.66. The van der Waals surface area contributed by atoms with E-state index in [0.717, 1.165) is 11.3 Å². The molecule has 0 saturated heterocycles. The van der Waals surface area contributed by atoms with Crippen molar-refractivity contribution in [2.75, 3.05) is 19.0 Å². The third-order valence-corrected chi connectivity index (χ3v) is 2.43. The third kappa shape index (κ3) is 3.64. The first-order chi connectivity index (χ1) is 7.67. The first-order valence-electron chi connectivity index (χ1n) is 5.25. The van der Waals surface area contributed by atoms with Crippen LogP contribution in [0.15, 0.2) is 24.3 Å². The Morgan fingerprint density at radius 1 is 1.50 bits per heavy atom. The molecule has 1 aromatic carbocycles.